The van der Waals surface area contributed by atoms with Gasteiger partial charge < -0.3 is 46.9 Å². The Morgan fingerprint density at radius 1 is 0.789 bits per heavy atom. The third-order valence-electron chi connectivity index (χ3n) is 12.0. The zero-order valence-corrected chi connectivity index (χ0v) is 44.7. The molecule has 0 fully saturated rings. The predicted molar refractivity (Wildman–Crippen MR) is 286 cm³/mol. The van der Waals surface area contributed by atoms with Crippen LogP contribution in [0.4, 0.5) is 0 Å². The molecule has 388 valence electrons. The summed E-state index contributed by atoms with van der Waals surface area (Å²) in [5, 5.41) is 42.4. The van der Waals surface area contributed by atoms with E-state index in [4.69, 9.17) is 20.4 Å². The first-order valence-corrected chi connectivity index (χ1v) is 28.2. The van der Waals surface area contributed by atoms with Crippen molar-refractivity contribution in [3.8, 4) is 38.4 Å². The largest absolute Gasteiger partial charge is 0.506 e. The number of carbonyl (C=O) groups is 7. The number of H-pyrrole nitrogens is 1. The molecule has 4 unspecified atom stereocenters. The van der Waals surface area contributed by atoms with Crippen LogP contribution in [0.2, 0.25) is 0 Å². The van der Waals surface area contributed by atoms with Crippen molar-refractivity contribution in [1.29, 1.82) is 0 Å². The molecule has 0 saturated carbocycles. The molecule has 8 aromatic rings. The van der Waals surface area contributed by atoms with E-state index in [1.165, 1.54) is 40.6 Å². The van der Waals surface area contributed by atoms with Gasteiger partial charge in [-0.2, -0.15) is 0 Å². The average molecular weight is 1140 g/mol. The number of primary amides is 1. The number of thioether (sulfide) groups is 1. The van der Waals surface area contributed by atoms with Gasteiger partial charge in [0.15, 0.2) is 0 Å². The molecule has 9 heterocycles. The lowest BCUT2D eigenvalue weighted by molar-refractivity contribution is -0.145. The SMILES string of the molecule is C/C=C1\NC(=O)C(C(C)O)NC(=O)c2csc(n2)-c2cc(O)c(-c3nc(C(N)=O)cs3)nc2-c2csc(n2)C2CSC(=O)c3[nH]c4cccc(c4c3C)COC(=O)CCC(NC(=O)c3csc1n3)c1nc(cs1)C(=O)N2. The van der Waals surface area contributed by atoms with Gasteiger partial charge in [0, 0.05) is 55.5 Å². The van der Waals surface area contributed by atoms with E-state index in [0.29, 0.717) is 32.7 Å². The maximum absolute atomic E-state index is 14.4. The molecule has 0 spiro atoms. The van der Waals surface area contributed by atoms with Gasteiger partial charge in [-0.3, -0.25) is 33.6 Å². The molecule has 12 bridgehead atoms. The van der Waals surface area contributed by atoms with Crippen molar-refractivity contribution in [2.45, 2.75) is 64.4 Å². The van der Waals surface area contributed by atoms with Gasteiger partial charge in [-0.15, -0.1) is 56.7 Å². The summed E-state index contributed by atoms with van der Waals surface area (Å²) in [6.45, 7) is 4.61. The van der Waals surface area contributed by atoms with Crippen molar-refractivity contribution in [3.05, 3.63) is 112 Å². The smallest absolute Gasteiger partial charge is 0.306 e. The van der Waals surface area contributed by atoms with Crippen molar-refractivity contribution < 1.29 is 48.5 Å². The van der Waals surface area contributed by atoms with E-state index < -0.39 is 59.7 Å². The van der Waals surface area contributed by atoms with Gasteiger partial charge in [0.05, 0.1) is 29.6 Å². The van der Waals surface area contributed by atoms with Crippen LogP contribution in [0.1, 0.15) is 117 Å². The van der Waals surface area contributed by atoms with Gasteiger partial charge in [0.2, 0.25) is 11.0 Å². The Morgan fingerprint density at radius 2 is 1.43 bits per heavy atom. The molecule has 1 aromatic carbocycles. The number of nitrogens with zero attached hydrogens (tertiary/aromatic N) is 6. The first-order valence-electron chi connectivity index (χ1n) is 22.9. The number of aryl methyl sites for hydroxylation is 1. The summed E-state index contributed by atoms with van der Waals surface area (Å²) in [5.41, 5.74) is 8.10. The minimum atomic E-state index is -1.51. The van der Waals surface area contributed by atoms with E-state index >= 15 is 0 Å². The topological polar surface area (TPSA) is 336 Å². The molecule has 7 aromatic heterocycles. The van der Waals surface area contributed by atoms with Crippen LogP contribution in [-0.2, 0) is 20.9 Å². The lowest BCUT2D eigenvalue weighted by atomic mass is 10.1. The number of carbonyl (C=O) groups excluding carboxylic acids is 7. The van der Waals surface area contributed by atoms with Gasteiger partial charge >= 0.3 is 5.97 Å². The van der Waals surface area contributed by atoms with E-state index in [1.807, 2.05) is 6.07 Å². The minimum Gasteiger partial charge on any atom is -0.506 e. The van der Waals surface area contributed by atoms with Crippen LogP contribution >= 0.6 is 68.4 Å². The van der Waals surface area contributed by atoms with E-state index in [2.05, 4.69) is 46.2 Å². The molecule has 2 aliphatic heterocycles. The number of hydrogen-bond donors (Lipinski definition) is 8. The number of hydrogen-bond acceptors (Lipinski definition) is 22. The Bertz CT molecular complexity index is 3700. The molecule has 10 rings (SSSR count). The van der Waals surface area contributed by atoms with Gasteiger partial charge in [0.1, 0.15) is 83.3 Å². The van der Waals surface area contributed by atoms with Crippen molar-refractivity contribution in [1.82, 2.24) is 56.2 Å². The second-order valence-electron chi connectivity index (χ2n) is 17.1. The normalized spacial score (nSPS) is 18.9. The molecular weight excluding hydrogens is 1100 g/mol. The Labute approximate surface area is 453 Å². The first kappa shape index (κ1) is 51.9. The van der Waals surface area contributed by atoms with Crippen LogP contribution in [0.25, 0.3) is 49.3 Å². The Kier molecular flexibility index (Phi) is 14.7. The number of pyridine rings is 1. The highest BCUT2D eigenvalue weighted by atomic mass is 32.2. The Balaban J connectivity index is 1.11. The number of ether oxygens (including phenoxy) is 1. The number of aromatic amines is 1. The summed E-state index contributed by atoms with van der Waals surface area (Å²) < 4.78 is 5.76. The van der Waals surface area contributed by atoms with Crippen molar-refractivity contribution >= 4 is 126 Å². The third-order valence-corrected chi connectivity index (χ3v) is 17.5. The highest BCUT2D eigenvalue weighted by molar-refractivity contribution is 8.14. The maximum atomic E-state index is 14.4. The van der Waals surface area contributed by atoms with Crippen LogP contribution in [0.3, 0.4) is 0 Å². The zero-order valence-electron chi connectivity index (χ0n) is 39.8. The fourth-order valence-electron chi connectivity index (χ4n) is 8.15. The highest BCUT2D eigenvalue weighted by Gasteiger charge is 2.32. The average Bonchev–Trinajstić information content (AvgIpc) is 4.28. The number of benzene rings is 1. The molecule has 4 atom stereocenters. The quantitative estimate of drug-likeness (QED) is 0.0902. The third kappa shape index (κ3) is 10.5. The molecule has 9 N–H and O–H groups in total. The summed E-state index contributed by atoms with van der Waals surface area (Å²) in [6.07, 6.45) is -0.0653. The summed E-state index contributed by atoms with van der Waals surface area (Å²) >= 11 is 6.16. The molecule has 2 aliphatic rings. The second kappa shape index (κ2) is 21.6. The highest BCUT2D eigenvalue weighted by Crippen LogP contribution is 2.41. The number of aliphatic hydroxyl groups is 1. The number of aromatic hydroxyl groups is 1. The van der Waals surface area contributed by atoms with Crippen LogP contribution in [0.5, 0.6) is 5.75 Å². The number of aromatic nitrogens is 7. The lowest BCUT2D eigenvalue weighted by Crippen LogP contribution is -2.52. The summed E-state index contributed by atoms with van der Waals surface area (Å²) in [4.78, 5) is 127. The fourth-order valence-corrected chi connectivity index (χ4v) is 13.4. The first-order chi connectivity index (χ1) is 36.5. The van der Waals surface area contributed by atoms with E-state index in [9.17, 15) is 43.8 Å². The molecule has 0 radical (unpaired) electrons. The molecule has 28 heteroatoms. The predicted octanol–water partition coefficient (Wildman–Crippen LogP) is 6.28. The number of nitrogens with one attached hydrogen (secondary N) is 5. The Morgan fingerprint density at radius 3 is 2.16 bits per heavy atom. The van der Waals surface area contributed by atoms with Gasteiger partial charge in [-0.25, -0.2) is 29.9 Å². The summed E-state index contributed by atoms with van der Waals surface area (Å²) in [7, 11) is 0. The number of esters is 1. The van der Waals surface area contributed by atoms with Crippen LogP contribution in [0, 0.1) is 6.92 Å². The van der Waals surface area contributed by atoms with Crippen molar-refractivity contribution in [2.24, 2.45) is 5.73 Å². The summed E-state index contributed by atoms with van der Waals surface area (Å²) in [6, 6.07) is 3.33. The molecule has 0 saturated heterocycles. The number of thiazole rings is 5. The minimum absolute atomic E-state index is 0.00234. The molecule has 0 aliphatic carbocycles. The van der Waals surface area contributed by atoms with Crippen LogP contribution in [-0.4, -0.2) is 104 Å². The summed E-state index contributed by atoms with van der Waals surface area (Å²) in [5.74, 6) is -4.75. The number of allylic oxidation sites excluding steroid dienone is 1. The molecular formula is C48H40N12O10S6. The van der Waals surface area contributed by atoms with Gasteiger partial charge in [-0.1, -0.05) is 30.0 Å². The standard InChI is InChI=1S/C48H40N12O10S6/c1-4-22-44-57-27(15-73-44)39(65)52-24-8-9-32(63)70-11-20-6-5-7-23-33(20)18(2)34(50-23)48(69)76-17-30(53-40(66)28-16-74-45(24)58-28)46-54-25(12-72-46)36-21(10-31(62)37(59-36)47-55-26(13-75-47)38(49)64)43-56-29(14-71-43)41(67)60-35(19(3)61)42(68)51-22/h4-7,10,12-16,19,24,30,35,50,61-62H,8-9,11,17H2,1-3H3,(H2,49,64)(H,51,68)(H,52,65)(H,53,66)(H,60,67)/b22-4-. The molecule has 5 amide bonds. The lowest BCUT2D eigenvalue weighted by Gasteiger charge is -2.21. The monoisotopic (exact) mass is 1140 g/mol. The Hall–Kier alpha value is -7.60. The number of fused-ring (bicyclic) bond motifs is 13. The van der Waals surface area contributed by atoms with Gasteiger partial charge in [-0.05, 0) is 50.5 Å². The fraction of sp³-hybridized carbons (Fsp3) is 0.229. The van der Waals surface area contributed by atoms with Crippen LogP contribution in [0.15, 0.2) is 57.2 Å². The van der Waals surface area contributed by atoms with E-state index in [0.717, 1.165) is 68.4 Å². The number of cyclic esters (lactones) is 1. The number of aliphatic hydroxyl groups excluding tert-OH is 1. The van der Waals surface area contributed by atoms with Crippen LogP contribution < -0.4 is 27.0 Å². The van der Waals surface area contributed by atoms with E-state index in [-0.39, 0.29) is 107 Å². The van der Waals surface area contributed by atoms with Gasteiger partial charge in [0.25, 0.3) is 23.6 Å². The van der Waals surface area contributed by atoms with Crippen molar-refractivity contribution in [3.63, 3.8) is 0 Å². The zero-order chi connectivity index (χ0) is 53.5. The van der Waals surface area contributed by atoms with E-state index in [1.54, 1.807) is 31.4 Å². The number of amides is 5. The van der Waals surface area contributed by atoms with Crippen molar-refractivity contribution in [2.75, 3.05) is 5.75 Å². The second-order valence-corrected chi connectivity index (χ2v) is 22.4. The molecule has 22 nitrogen and oxygen atoms in total. The molecule has 76 heavy (non-hydrogen) atoms. The number of nitrogens with two attached hydrogens (primary N) is 1. The number of rotatable bonds is 3. The maximum Gasteiger partial charge on any atom is 0.306 e.